The summed E-state index contributed by atoms with van der Waals surface area (Å²) in [4.78, 5) is 14.2. The summed E-state index contributed by atoms with van der Waals surface area (Å²) in [5, 5.41) is 3.15. The Balaban J connectivity index is 4.31. The molecule has 2 unspecified atom stereocenters. The normalized spacial score (nSPS) is 15.1. The molecule has 0 rings (SSSR count). The van der Waals surface area contributed by atoms with Crippen LogP contribution in [0.3, 0.4) is 0 Å². The molecule has 0 aliphatic carbocycles. The molecule has 0 bridgehead atoms. The summed E-state index contributed by atoms with van der Waals surface area (Å²) in [6.07, 6.45) is 1.56. The first kappa shape index (κ1) is 18.4. The van der Waals surface area contributed by atoms with Crippen LogP contribution in [0.2, 0.25) is 0 Å². The maximum atomic E-state index is 12.1. The zero-order valence-electron chi connectivity index (χ0n) is 13.6. The first-order valence-electron chi connectivity index (χ1n) is 7.40. The smallest absolute Gasteiger partial charge is 0.220 e. The van der Waals surface area contributed by atoms with E-state index in [1.807, 2.05) is 14.1 Å². The average Bonchev–Trinajstić information content (AvgIpc) is 2.25. The first-order valence-corrected chi connectivity index (χ1v) is 7.40. The van der Waals surface area contributed by atoms with Gasteiger partial charge in [0.1, 0.15) is 0 Å². The number of carbonyl (C=O) groups is 1. The fourth-order valence-electron chi connectivity index (χ4n) is 2.27. The fourth-order valence-corrected chi connectivity index (χ4v) is 2.27. The predicted octanol–water partition coefficient (Wildman–Crippen LogP) is 1.70. The van der Waals surface area contributed by atoms with Gasteiger partial charge in [0, 0.05) is 19.0 Å². The summed E-state index contributed by atoms with van der Waals surface area (Å²) in [6, 6.07) is 0.208. The van der Waals surface area contributed by atoms with E-state index >= 15 is 0 Å². The van der Waals surface area contributed by atoms with E-state index in [9.17, 15) is 4.79 Å². The SMILES string of the molecule is CC(C)CC(CN)CC(=O)NC(CN(C)C)C(C)C. The molecule has 0 aliphatic rings. The number of hydrogen-bond acceptors (Lipinski definition) is 3. The lowest BCUT2D eigenvalue weighted by molar-refractivity contribution is -0.123. The third kappa shape index (κ3) is 9.00. The molecule has 0 saturated carbocycles. The molecule has 4 nitrogen and oxygen atoms in total. The maximum Gasteiger partial charge on any atom is 0.220 e. The number of carbonyl (C=O) groups excluding carboxylic acids is 1. The molecular formula is C15H33N3O. The van der Waals surface area contributed by atoms with E-state index < -0.39 is 0 Å². The minimum absolute atomic E-state index is 0.136. The van der Waals surface area contributed by atoms with Crippen LogP contribution in [0, 0.1) is 17.8 Å². The lowest BCUT2D eigenvalue weighted by Crippen LogP contribution is -2.45. The van der Waals surface area contributed by atoms with Crippen LogP contribution in [0.15, 0.2) is 0 Å². The second kappa shape index (κ2) is 9.32. The number of amides is 1. The van der Waals surface area contributed by atoms with Crippen molar-refractivity contribution in [1.82, 2.24) is 10.2 Å². The minimum Gasteiger partial charge on any atom is -0.352 e. The Morgan fingerprint density at radius 2 is 1.79 bits per heavy atom. The van der Waals surface area contributed by atoms with Crippen molar-refractivity contribution in [1.29, 1.82) is 0 Å². The average molecular weight is 271 g/mol. The van der Waals surface area contributed by atoms with Crippen molar-refractivity contribution in [2.45, 2.75) is 46.6 Å². The highest BCUT2D eigenvalue weighted by atomic mass is 16.1. The molecule has 0 aliphatic heterocycles. The first-order chi connectivity index (χ1) is 8.76. The molecular weight excluding hydrogens is 238 g/mol. The van der Waals surface area contributed by atoms with Crippen molar-refractivity contribution in [2.24, 2.45) is 23.5 Å². The van der Waals surface area contributed by atoms with Crippen LogP contribution in [-0.4, -0.2) is 44.0 Å². The van der Waals surface area contributed by atoms with Crippen molar-refractivity contribution in [3.05, 3.63) is 0 Å². The van der Waals surface area contributed by atoms with Crippen LogP contribution >= 0.6 is 0 Å². The Labute approximate surface area is 119 Å². The number of hydrogen-bond donors (Lipinski definition) is 2. The van der Waals surface area contributed by atoms with E-state index in [2.05, 4.69) is 37.9 Å². The highest BCUT2D eigenvalue weighted by Crippen LogP contribution is 2.14. The summed E-state index contributed by atoms with van der Waals surface area (Å²) in [6.45, 7) is 10.1. The van der Waals surface area contributed by atoms with Crippen molar-refractivity contribution in [3.63, 3.8) is 0 Å². The van der Waals surface area contributed by atoms with Crippen LogP contribution in [0.4, 0.5) is 0 Å². The molecule has 0 aromatic carbocycles. The van der Waals surface area contributed by atoms with Gasteiger partial charge in [0.2, 0.25) is 5.91 Å². The Kier molecular flexibility index (Phi) is 9.02. The van der Waals surface area contributed by atoms with Crippen molar-refractivity contribution in [2.75, 3.05) is 27.2 Å². The van der Waals surface area contributed by atoms with E-state index in [-0.39, 0.29) is 11.9 Å². The second-order valence-electron chi connectivity index (χ2n) is 6.62. The van der Waals surface area contributed by atoms with Gasteiger partial charge in [-0.05, 0) is 44.8 Å². The topological polar surface area (TPSA) is 58.4 Å². The fraction of sp³-hybridized carbons (Fsp3) is 0.933. The van der Waals surface area contributed by atoms with Crippen LogP contribution in [-0.2, 0) is 4.79 Å². The number of nitrogens with one attached hydrogen (secondary N) is 1. The highest BCUT2D eigenvalue weighted by molar-refractivity contribution is 5.76. The van der Waals surface area contributed by atoms with Gasteiger partial charge in [-0.1, -0.05) is 27.7 Å². The summed E-state index contributed by atoms with van der Waals surface area (Å²) in [5.41, 5.74) is 5.75. The minimum atomic E-state index is 0.136. The molecule has 3 N–H and O–H groups in total. The van der Waals surface area contributed by atoms with Gasteiger partial charge < -0.3 is 16.0 Å². The van der Waals surface area contributed by atoms with Gasteiger partial charge in [0.05, 0.1) is 0 Å². The van der Waals surface area contributed by atoms with Crippen molar-refractivity contribution < 1.29 is 4.79 Å². The lowest BCUT2D eigenvalue weighted by atomic mass is 9.93. The van der Waals surface area contributed by atoms with E-state index in [1.54, 1.807) is 0 Å². The molecule has 0 heterocycles. The maximum absolute atomic E-state index is 12.1. The van der Waals surface area contributed by atoms with E-state index in [4.69, 9.17) is 5.73 Å². The zero-order chi connectivity index (χ0) is 15.0. The molecule has 0 radical (unpaired) electrons. The van der Waals surface area contributed by atoms with Gasteiger partial charge in [-0.3, -0.25) is 4.79 Å². The molecule has 2 atom stereocenters. The molecule has 0 spiro atoms. The molecule has 0 aromatic heterocycles. The largest absolute Gasteiger partial charge is 0.352 e. The van der Waals surface area contributed by atoms with E-state index in [0.717, 1.165) is 13.0 Å². The Morgan fingerprint density at radius 3 is 2.16 bits per heavy atom. The van der Waals surface area contributed by atoms with Gasteiger partial charge in [-0.25, -0.2) is 0 Å². The molecule has 19 heavy (non-hydrogen) atoms. The van der Waals surface area contributed by atoms with Gasteiger partial charge >= 0.3 is 0 Å². The molecule has 114 valence electrons. The van der Waals surface area contributed by atoms with Crippen molar-refractivity contribution >= 4 is 5.91 Å². The predicted molar refractivity (Wildman–Crippen MR) is 81.9 cm³/mol. The quantitative estimate of drug-likeness (QED) is 0.671. The van der Waals surface area contributed by atoms with Gasteiger partial charge in [-0.2, -0.15) is 0 Å². The summed E-state index contributed by atoms with van der Waals surface area (Å²) >= 11 is 0. The number of nitrogens with zero attached hydrogens (tertiary/aromatic N) is 1. The third-order valence-corrected chi connectivity index (χ3v) is 3.33. The summed E-state index contributed by atoms with van der Waals surface area (Å²) in [7, 11) is 4.06. The lowest BCUT2D eigenvalue weighted by Gasteiger charge is -2.26. The standard InChI is InChI=1S/C15H33N3O/c1-11(2)7-13(9-16)8-15(19)17-14(12(3)4)10-18(5)6/h11-14H,7-10,16H2,1-6H3,(H,17,19). The van der Waals surface area contributed by atoms with E-state index in [0.29, 0.717) is 30.7 Å². The number of nitrogens with two attached hydrogens (primary N) is 1. The van der Waals surface area contributed by atoms with Crippen molar-refractivity contribution in [3.8, 4) is 0 Å². The van der Waals surface area contributed by atoms with Crippen LogP contribution in [0.1, 0.15) is 40.5 Å². The Hall–Kier alpha value is -0.610. The number of likely N-dealkylation sites (N-methyl/N-ethyl adjacent to an activating group) is 1. The zero-order valence-corrected chi connectivity index (χ0v) is 13.6. The molecule has 0 aromatic rings. The summed E-state index contributed by atoms with van der Waals surface area (Å²) in [5.74, 6) is 1.46. The van der Waals surface area contributed by atoms with Crippen LogP contribution in [0.5, 0.6) is 0 Å². The van der Waals surface area contributed by atoms with Crippen LogP contribution < -0.4 is 11.1 Å². The Morgan fingerprint density at radius 1 is 1.21 bits per heavy atom. The monoisotopic (exact) mass is 271 g/mol. The second-order valence-corrected chi connectivity index (χ2v) is 6.62. The third-order valence-electron chi connectivity index (χ3n) is 3.33. The molecule has 4 heteroatoms. The van der Waals surface area contributed by atoms with E-state index in [1.165, 1.54) is 0 Å². The summed E-state index contributed by atoms with van der Waals surface area (Å²) < 4.78 is 0. The van der Waals surface area contributed by atoms with Gasteiger partial charge in [0.25, 0.3) is 0 Å². The molecule has 1 amide bonds. The Bertz CT molecular complexity index is 252. The molecule has 0 fully saturated rings. The number of rotatable bonds is 9. The van der Waals surface area contributed by atoms with Gasteiger partial charge in [0.15, 0.2) is 0 Å². The van der Waals surface area contributed by atoms with Crippen LogP contribution in [0.25, 0.3) is 0 Å². The van der Waals surface area contributed by atoms with Gasteiger partial charge in [-0.15, -0.1) is 0 Å². The molecule has 0 saturated heterocycles. The highest BCUT2D eigenvalue weighted by Gasteiger charge is 2.19.